The van der Waals surface area contributed by atoms with E-state index < -0.39 is 0 Å². The Kier molecular flexibility index (Phi) is 9.55. The molecule has 228 valence electrons. The normalized spacial score (nSPS) is 17.1. The van der Waals surface area contributed by atoms with Crippen LogP contribution in [0, 0.1) is 0 Å². The molecule has 0 spiro atoms. The standard InChI is InChI=1S/C42H38N2O2/c1-3-18-33(19-4-2)44(36-24-15-9-10-16-25-36)38-26-17-27-40-42(38)39(45)30-32-28-29-37(31-41(32)46-40)43(34-20-11-5-6-12-21-34)35-22-13-7-8-14-23-35/h3-13,15-20,22-24,26-29,31H,1,14,21,25,30H2,2H3/b19-4-,33-18+. The number of anilines is 2. The van der Waals surface area contributed by atoms with Crippen LogP contribution in [0.3, 0.4) is 0 Å². The van der Waals surface area contributed by atoms with Crippen LogP contribution in [0.15, 0.2) is 181 Å². The number of Topliss-reactive ketones (excluding diaryl/α,β-unsaturated/α-hetero) is 1. The second kappa shape index (κ2) is 14.4. The summed E-state index contributed by atoms with van der Waals surface area (Å²) < 4.78 is 6.71. The molecule has 4 heteroatoms. The molecule has 6 rings (SSSR count). The minimum Gasteiger partial charge on any atom is -0.456 e. The summed E-state index contributed by atoms with van der Waals surface area (Å²) in [6.45, 7) is 5.95. The summed E-state index contributed by atoms with van der Waals surface area (Å²) in [5.74, 6) is 1.25. The molecule has 0 amide bonds. The SMILES string of the molecule is C=C/C=C(\C=C/C)N(C1=CC=CC=CC1)c1cccc2c1C(=O)Cc1ccc(N(C3=CCC=CC=C3)C3=CC=CC=CC3)cc1O2. The molecular formula is C42H38N2O2. The molecule has 3 aliphatic carbocycles. The highest BCUT2D eigenvalue weighted by molar-refractivity contribution is 6.06. The number of carbonyl (C=O) groups excluding carboxylic acids is 1. The molecule has 0 bridgehead atoms. The van der Waals surface area contributed by atoms with Crippen LogP contribution >= 0.6 is 0 Å². The minimum atomic E-state index is 0.0138. The van der Waals surface area contributed by atoms with Crippen molar-refractivity contribution in [2.75, 3.05) is 9.80 Å². The van der Waals surface area contributed by atoms with Gasteiger partial charge < -0.3 is 14.5 Å². The van der Waals surface area contributed by atoms with E-state index in [4.69, 9.17) is 4.74 Å². The Hall–Kier alpha value is -5.61. The Morgan fingerprint density at radius 3 is 2.46 bits per heavy atom. The second-order valence-corrected chi connectivity index (χ2v) is 11.1. The third-order valence-electron chi connectivity index (χ3n) is 8.05. The van der Waals surface area contributed by atoms with E-state index in [-0.39, 0.29) is 12.2 Å². The van der Waals surface area contributed by atoms with E-state index in [1.165, 1.54) is 0 Å². The monoisotopic (exact) mass is 602 g/mol. The van der Waals surface area contributed by atoms with Crippen molar-refractivity contribution in [3.05, 3.63) is 192 Å². The number of ether oxygens (including phenoxy) is 1. The fourth-order valence-electron chi connectivity index (χ4n) is 6.01. The van der Waals surface area contributed by atoms with Crippen LogP contribution in [0.4, 0.5) is 11.4 Å². The van der Waals surface area contributed by atoms with E-state index in [9.17, 15) is 4.79 Å². The van der Waals surface area contributed by atoms with Gasteiger partial charge in [0.15, 0.2) is 5.78 Å². The van der Waals surface area contributed by atoms with Crippen molar-refractivity contribution in [3.8, 4) is 11.5 Å². The van der Waals surface area contributed by atoms with Crippen molar-refractivity contribution >= 4 is 17.2 Å². The van der Waals surface area contributed by atoms with E-state index in [0.717, 1.165) is 52.6 Å². The van der Waals surface area contributed by atoms with Gasteiger partial charge in [-0.2, -0.15) is 0 Å². The first-order valence-electron chi connectivity index (χ1n) is 15.8. The Morgan fingerprint density at radius 1 is 0.870 bits per heavy atom. The fourth-order valence-corrected chi connectivity index (χ4v) is 6.01. The van der Waals surface area contributed by atoms with Crippen LogP contribution in [0.1, 0.15) is 42.1 Å². The Labute approximate surface area is 272 Å². The molecule has 1 aliphatic heterocycles. The van der Waals surface area contributed by atoms with Gasteiger partial charge >= 0.3 is 0 Å². The highest BCUT2D eigenvalue weighted by Gasteiger charge is 2.29. The number of hydrogen-bond donors (Lipinski definition) is 0. The number of hydrogen-bond acceptors (Lipinski definition) is 4. The number of nitrogens with zero attached hydrogens (tertiary/aromatic N) is 2. The van der Waals surface area contributed by atoms with Crippen LogP contribution in [-0.2, 0) is 6.42 Å². The molecule has 0 fully saturated rings. The molecule has 0 N–H and O–H groups in total. The zero-order chi connectivity index (χ0) is 31.7. The number of carbonyl (C=O) groups is 1. The molecule has 46 heavy (non-hydrogen) atoms. The van der Waals surface area contributed by atoms with E-state index in [2.05, 4.69) is 101 Å². The van der Waals surface area contributed by atoms with E-state index in [1.807, 2.05) is 67.6 Å². The van der Waals surface area contributed by atoms with Crippen LogP contribution in [0.5, 0.6) is 11.5 Å². The van der Waals surface area contributed by atoms with Gasteiger partial charge in [-0.1, -0.05) is 104 Å². The summed E-state index contributed by atoms with van der Waals surface area (Å²) in [4.78, 5) is 18.6. The van der Waals surface area contributed by atoms with Gasteiger partial charge in [0.2, 0.25) is 0 Å². The molecule has 4 nitrogen and oxygen atoms in total. The molecule has 0 saturated heterocycles. The van der Waals surface area contributed by atoms with Crippen LogP contribution in [0.2, 0.25) is 0 Å². The predicted molar refractivity (Wildman–Crippen MR) is 192 cm³/mol. The second-order valence-electron chi connectivity index (χ2n) is 11.1. The quantitative estimate of drug-likeness (QED) is 0.282. The number of ketones is 1. The number of fused-ring (bicyclic) bond motifs is 2. The Morgan fingerprint density at radius 2 is 1.65 bits per heavy atom. The molecule has 0 atom stereocenters. The molecule has 0 aromatic heterocycles. The summed E-state index contributed by atoms with van der Waals surface area (Å²) in [5, 5.41) is 0. The van der Waals surface area contributed by atoms with Crippen molar-refractivity contribution in [1.82, 2.24) is 0 Å². The molecule has 1 heterocycles. The number of allylic oxidation sites excluding steroid dienone is 19. The molecule has 0 unspecified atom stereocenters. The zero-order valence-corrected chi connectivity index (χ0v) is 26.2. The van der Waals surface area contributed by atoms with Gasteiger partial charge in [0.25, 0.3) is 0 Å². The van der Waals surface area contributed by atoms with E-state index >= 15 is 0 Å². The van der Waals surface area contributed by atoms with Gasteiger partial charge in [0.1, 0.15) is 11.5 Å². The maximum absolute atomic E-state index is 14.2. The van der Waals surface area contributed by atoms with Gasteiger partial charge in [-0.25, -0.2) is 0 Å². The first-order valence-corrected chi connectivity index (χ1v) is 15.8. The molecule has 2 aromatic rings. The average molecular weight is 603 g/mol. The average Bonchev–Trinajstić information content (AvgIpc) is 3.64. The van der Waals surface area contributed by atoms with Gasteiger partial charge in [0, 0.05) is 59.4 Å². The van der Waals surface area contributed by atoms with Crippen LogP contribution in [-0.4, -0.2) is 5.78 Å². The van der Waals surface area contributed by atoms with Gasteiger partial charge in [0.05, 0.1) is 11.3 Å². The Bertz CT molecular complexity index is 1870. The first kappa shape index (κ1) is 30.4. The highest BCUT2D eigenvalue weighted by atomic mass is 16.5. The molecule has 0 saturated carbocycles. The third kappa shape index (κ3) is 6.57. The first-order chi connectivity index (χ1) is 22.7. The lowest BCUT2D eigenvalue weighted by atomic mass is 9.99. The summed E-state index contributed by atoms with van der Waals surface area (Å²) in [5.41, 5.74) is 7.37. The maximum Gasteiger partial charge on any atom is 0.173 e. The number of benzene rings is 2. The van der Waals surface area contributed by atoms with E-state index in [0.29, 0.717) is 23.5 Å². The lowest BCUT2D eigenvalue weighted by Gasteiger charge is -2.30. The van der Waals surface area contributed by atoms with Gasteiger partial charge in [-0.3, -0.25) is 4.79 Å². The fraction of sp³-hybridized carbons (Fsp3) is 0.119. The third-order valence-corrected chi connectivity index (χ3v) is 8.05. The van der Waals surface area contributed by atoms with Crippen LogP contribution < -0.4 is 14.5 Å². The molecule has 2 aromatic carbocycles. The van der Waals surface area contributed by atoms with E-state index in [1.54, 1.807) is 6.08 Å². The van der Waals surface area contributed by atoms with Crippen molar-refractivity contribution in [1.29, 1.82) is 0 Å². The molecule has 4 aliphatic rings. The molecular weight excluding hydrogens is 564 g/mol. The van der Waals surface area contributed by atoms with Gasteiger partial charge in [-0.05, 0) is 61.9 Å². The summed E-state index contributed by atoms with van der Waals surface area (Å²) in [7, 11) is 0. The number of rotatable bonds is 8. The maximum atomic E-state index is 14.2. The van der Waals surface area contributed by atoms with Crippen LogP contribution in [0.25, 0.3) is 0 Å². The zero-order valence-electron chi connectivity index (χ0n) is 26.2. The summed E-state index contributed by atoms with van der Waals surface area (Å²) in [6, 6.07) is 12.1. The lowest BCUT2D eigenvalue weighted by Crippen LogP contribution is -2.23. The summed E-state index contributed by atoms with van der Waals surface area (Å²) >= 11 is 0. The van der Waals surface area contributed by atoms with Crippen molar-refractivity contribution in [2.45, 2.75) is 32.6 Å². The molecule has 0 radical (unpaired) electrons. The smallest absolute Gasteiger partial charge is 0.173 e. The predicted octanol–water partition coefficient (Wildman–Crippen LogP) is 10.7. The largest absolute Gasteiger partial charge is 0.456 e. The highest BCUT2D eigenvalue weighted by Crippen LogP contribution is 2.43. The van der Waals surface area contributed by atoms with Crippen molar-refractivity contribution < 1.29 is 9.53 Å². The lowest BCUT2D eigenvalue weighted by molar-refractivity contribution is 0.0994. The minimum absolute atomic E-state index is 0.0138. The van der Waals surface area contributed by atoms with Crippen molar-refractivity contribution in [2.24, 2.45) is 0 Å². The topological polar surface area (TPSA) is 32.8 Å². The van der Waals surface area contributed by atoms with Gasteiger partial charge in [-0.15, -0.1) is 0 Å². The Balaban J connectivity index is 1.45. The van der Waals surface area contributed by atoms with Crippen molar-refractivity contribution in [3.63, 3.8) is 0 Å². The summed E-state index contributed by atoms with van der Waals surface area (Å²) in [6.07, 6.45) is 41.9.